The number of amides is 2. The van der Waals surface area contributed by atoms with Crippen LogP contribution in [0.2, 0.25) is 0 Å². The maximum atomic E-state index is 13.2. The van der Waals surface area contributed by atoms with E-state index in [2.05, 4.69) is 16.7 Å². The maximum absolute atomic E-state index is 13.2. The molecule has 0 atom stereocenters. The first-order valence-corrected chi connectivity index (χ1v) is 13.6. The topological polar surface area (TPSA) is 147 Å². The van der Waals surface area contributed by atoms with Crippen LogP contribution in [0.3, 0.4) is 0 Å². The van der Waals surface area contributed by atoms with Crippen LogP contribution in [0.25, 0.3) is 0 Å². The summed E-state index contributed by atoms with van der Waals surface area (Å²) in [6.07, 6.45) is 2.05. The quantitative estimate of drug-likeness (QED) is 0.266. The summed E-state index contributed by atoms with van der Waals surface area (Å²) in [7, 11) is 0. The first kappa shape index (κ1) is 29.9. The zero-order valence-electron chi connectivity index (χ0n) is 23.7. The second-order valence-electron chi connectivity index (χ2n) is 11.0. The molecule has 1 aliphatic carbocycles. The maximum Gasteiger partial charge on any atom is 0.407 e. The van der Waals surface area contributed by atoms with Crippen LogP contribution in [0, 0.1) is 17.2 Å². The van der Waals surface area contributed by atoms with Crippen molar-refractivity contribution in [1.29, 1.82) is 5.26 Å². The van der Waals surface area contributed by atoms with Gasteiger partial charge in [-0.15, -0.1) is 0 Å². The lowest BCUT2D eigenvalue weighted by molar-refractivity contribution is -0.120. The summed E-state index contributed by atoms with van der Waals surface area (Å²) in [6.45, 7) is 5.43. The molecule has 0 unspecified atom stereocenters. The highest BCUT2D eigenvalue weighted by Crippen LogP contribution is 2.34. The Kier molecular flexibility index (Phi) is 9.32. The van der Waals surface area contributed by atoms with Crippen LogP contribution in [-0.4, -0.2) is 34.7 Å². The molecular weight excluding hydrogens is 538 g/mol. The second kappa shape index (κ2) is 13.1. The van der Waals surface area contributed by atoms with Gasteiger partial charge in [-0.2, -0.15) is 5.26 Å². The van der Waals surface area contributed by atoms with Gasteiger partial charge in [0.2, 0.25) is 5.91 Å². The van der Waals surface area contributed by atoms with E-state index in [9.17, 15) is 14.4 Å². The molecule has 4 rings (SSSR count). The molecule has 1 aliphatic rings. The van der Waals surface area contributed by atoms with Gasteiger partial charge in [0.1, 0.15) is 28.6 Å². The summed E-state index contributed by atoms with van der Waals surface area (Å²) in [5.41, 5.74) is 0.499. The third kappa shape index (κ3) is 8.73. The summed E-state index contributed by atoms with van der Waals surface area (Å²) in [5, 5.41) is 24.1. The van der Waals surface area contributed by atoms with E-state index in [4.69, 9.17) is 24.6 Å². The van der Waals surface area contributed by atoms with Crippen molar-refractivity contribution in [2.24, 2.45) is 5.92 Å². The van der Waals surface area contributed by atoms with E-state index < -0.39 is 17.7 Å². The molecule has 10 heteroatoms. The predicted octanol–water partition coefficient (Wildman–Crippen LogP) is 6.86. The number of hydrogen-bond donors (Lipinski definition) is 3. The number of carboxylic acids is 1. The average molecular weight is 572 g/mol. The molecule has 0 saturated heterocycles. The van der Waals surface area contributed by atoms with Gasteiger partial charge in [0.15, 0.2) is 0 Å². The molecule has 42 heavy (non-hydrogen) atoms. The van der Waals surface area contributed by atoms with Gasteiger partial charge in [0.05, 0.1) is 17.2 Å². The molecule has 1 saturated carbocycles. The summed E-state index contributed by atoms with van der Waals surface area (Å²) in [4.78, 5) is 36.5. The van der Waals surface area contributed by atoms with Gasteiger partial charge in [-0.1, -0.05) is 0 Å². The van der Waals surface area contributed by atoms with Crippen LogP contribution in [-0.2, 0) is 9.53 Å². The molecule has 0 bridgehead atoms. The molecule has 0 radical (unpaired) electrons. The molecular formula is C32H33N3O7. The van der Waals surface area contributed by atoms with Gasteiger partial charge >= 0.3 is 12.1 Å². The van der Waals surface area contributed by atoms with Gasteiger partial charge < -0.3 is 30.0 Å². The lowest BCUT2D eigenvalue weighted by Crippen LogP contribution is -2.42. The van der Waals surface area contributed by atoms with Crippen molar-refractivity contribution < 1.29 is 33.7 Å². The number of alkyl carbamates (subject to hydrolysis) is 1. The van der Waals surface area contributed by atoms with Crippen molar-refractivity contribution >= 4 is 23.7 Å². The minimum Gasteiger partial charge on any atom is -0.478 e. The van der Waals surface area contributed by atoms with E-state index in [1.165, 1.54) is 12.1 Å². The molecule has 3 aromatic rings. The molecule has 3 N–H and O–H groups in total. The van der Waals surface area contributed by atoms with Crippen LogP contribution in [0.4, 0.5) is 10.5 Å². The normalized spacial score (nSPS) is 16.4. The van der Waals surface area contributed by atoms with Crippen LogP contribution in [0.15, 0.2) is 66.7 Å². The molecule has 1 fully saturated rings. The third-order valence-corrected chi connectivity index (χ3v) is 6.52. The van der Waals surface area contributed by atoms with E-state index in [1.807, 2.05) is 20.8 Å². The number of nitriles is 1. The Balaban J connectivity index is 1.46. The van der Waals surface area contributed by atoms with E-state index in [0.717, 1.165) is 0 Å². The number of carbonyl (C=O) groups is 3. The molecule has 3 aromatic carbocycles. The van der Waals surface area contributed by atoms with Gasteiger partial charge in [-0.05, 0) is 95.0 Å². The van der Waals surface area contributed by atoms with Gasteiger partial charge in [0, 0.05) is 35.8 Å². The number of carbonyl (C=O) groups excluding carboxylic acids is 2. The third-order valence-electron chi connectivity index (χ3n) is 6.52. The molecule has 10 nitrogen and oxygen atoms in total. The van der Waals surface area contributed by atoms with Crippen molar-refractivity contribution in [3.05, 3.63) is 77.9 Å². The van der Waals surface area contributed by atoms with Crippen molar-refractivity contribution in [3.63, 3.8) is 0 Å². The van der Waals surface area contributed by atoms with Crippen LogP contribution >= 0.6 is 0 Å². The minimum absolute atomic E-state index is 0.0550. The number of nitrogens with one attached hydrogen (secondary N) is 2. The highest BCUT2D eigenvalue weighted by atomic mass is 16.6. The van der Waals surface area contributed by atoms with Gasteiger partial charge in [0.25, 0.3) is 0 Å². The van der Waals surface area contributed by atoms with E-state index in [1.54, 1.807) is 54.6 Å². The highest BCUT2D eigenvalue weighted by molar-refractivity contribution is 5.93. The molecule has 0 spiro atoms. The fraction of sp³-hybridized carbons (Fsp3) is 0.312. The van der Waals surface area contributed by atoms with Crippen molar-refractivity contribution in [2.45, 2.75) is 58.1 Å². The minimum atomic E-state index is -1.04. The molecule has 0 heterocycles. The number of anilines is 1. The summed E-state index contributed by atoms with van der Waals surface area (Å²) in [5.74, 6) is 0.216. The van der Waals surface area contributed by atoms with Gasteiger partial charge in [-0.25, -0.2) is 9.59 Å². The van der Waals surface area contributed by atoms with Gasteiger partial charge in [-0.3, -0.25) is 4.79 Å². The van der Waals surface area contributed by atoms with Crippen LogP contribution < -0.4 is 20.1 Å². The van der Waals surface area contributed by atoms with Crippen molar-refractivity contribution in [2.75, 3.05) is 5.32 Å². The van der Waals surface area contributed by atoms with Crippen LogP contribution in [0.1, 0.15) is 62.4 Å². The van der Waals surface area contributed by atoms with E-state index in [0.29, 0.717) is 59.9 Å². The van der Waals surface area contributed by atoms with Crippen molar-refractivity contribution in [1.82, 2.24) is 5.32 Å². The number of aromatic carboxylic acids is 1. The first-order chi connectivity index (χ1) is 20.0. The Bertz CT molecular complexity index is 1460. The summed E-state index contributed by atoms with van der Waals surface area (Å²) < 4.78 is 17.3. The number of hydrogen-bond acceptors (Lipinski definition) is 7. The zero-order chi connectivity index (χ0) is 30.3. The standard InChI is InChI=1S/C32H33N3O7/c1-32(2,3)42-31(39)35-23-10-6-21(7-11-23)29(36)34-24-16-27(40-25-12-4-20(19-33)5-13-25)18-28(17-24)41-26-14-8-22(9-15-26)30(37)38/h4-5,8-9,12-18,21,23H,6-7,10-11H2,1-3H3,(H,34,36)(H,35,39)(H,37,38)/t21-,23-. The number of carboxylic acid groups (broad SMARTS) is 1. The SMILES string of the molecule is CC(C)(C)OC(=O)N[C@H]1CC[C@H](C(=O)Nc2cc(Oc3ccc(C#N)cc3)cc(Oc3ccc(C(=O)O)cc3)c2)CC1. The Morgan fingerprint density at radius 1 is 0.833 bits per heavy atom. The second-order valence-corrected chi connectivity index (χ2v) is 11.0. The monoisotopic (exact) mass is 571 g/mol. The fourth-order valence-corrected chi connectivity index (χ4v) is 4.52. The predicted molar refractivity (Wildman–Crippen MR) is 155 cm³/mol. The Morgan fingerprint density at radius 3 is 1.88 bits per heavy atom. The Morgan fingerprint density at radius 2 is 1.38 bits per heavy atom. The molecule has 218 valence electrons. The lowest BCUT2D eigenvalue weighted by atomic mass is 9.85. The number of benzene rings is 3. The smallest absolute Gasteiger partial charge is 0.407 e. The zero-order valence-corrected chi connectivity index (χ0v) is 23.7. The molecule has 0 aromatic heterocycles. The van der Waals surface area contributed by atoms with E-state index >= 15 is 0 Å². The molecule has 0 aliphatic heterocycles. The Hall–Kier alpha value is -5.04. The Labute approximate surface area is 244 Å². The lowest BCUT2D eigenvalue weighted by Gasteiger charge is -2.29. The van der Waals surface area contributed by atoms with Crippen molar-refractivity contribution in [3.8, 4) is 29.1 Å². The number of nitrogens with zero attached hydrogens (tertiary/aromatic N) is 1. The summed E-state index contributed by atoms with van der Waals surface area (Å²) >= 11 is 0. The highest BCUT2D eigenvalue weighted by Gasteiger charge is 2.28. The summed E-state index contributed by atoms with van der Waals surface area (Å²) in [6, 6.07) is 19.5. The first-order valence-electron chi connectivity index (χ1n) is 13.6. The average Bonchev–Trinajstić information content (AvgIpc) is 2.93. The number of ether oxygens (including phenoxy) is 3. The molecule has 2 amide bonds. The largest absolute Gasteiger partial charge is 0.478 e. The number of rotatable bonds is 8. The van der Waals surface area contributed by atoms with Crippen LogP contribution in [0.5, 0.6) is 23.0 Å². The van der Waals surface area contributed by atoms with E-state index in [-0.39, 0.29) is 23.4 Å². The fourth-order valence-electron chi connectivity index (χ4n) is 4.52.